The van der Waals surface area contributed by atoms with Gasteiger partial charge in [-0.25, -0.2) is 9.78 Å². The molecule has 0 radical (unpaired) electrons. The highest BCUT2D eigenvalue weighted by atomic mass is 16.5. The number of ether oxygens (including phenoxy) is 1. The summed E-state index contributed by atoms with van der Waals surface area (Å²) < 4.78 is 5.14. The summed E-state index contributed by atoms with van der Waals surface area (Å²) in [4.78, 5) is 33.2. The standard InChI is InChI=1S/C26H31N7O2/c1-18-11-14-31(2)22-10-9-21(19-7-6-8-20(15-19)32-12-4-5-13-32)28-25(22)33(18)26(34)30-23-16-27-17-24(29-23)35-3/h6-10,15-18H,4-5,11-14H2,1-3H3,(H,29,30,34)/t18-/m1/s1. The van der Waals surface area contributed by atoms with Crippen LogP contribution in [-0.2, 0) is 0 Å². The van der Waals surface area contributed by atoms with Crippen molar-refractivity contribution in [3.63, 3.8) is 0 Å². The zero-order valence-corrected chi connectivity index (χ0v) is 20.4. The molecule has 0 aliphatic carbocycles. The van der Waals surface area contributed by atoms with Crippen molar-refractivity contribution in [2.75, 3.05) is 53.8 Å². The van der Waals surface area contributed by atoms with Crippen LogP contribution in [0.5, 0.6) is 5.88 Å². The second-order valence-electron chi connectivity index (χ2n) is 9.09. The third kappa shape index (κ3) is 4.71. The number of hydrogen-bond donors (Lipinski definition) is 1. The minimum absolute atomic E-state index is 0.0593. The highest BCUT2D eigenvalue weighted by Crippen LogP contribution is 2.36. The molecule has 0 bridgehead atoms. The first-order valence-corrected chi connectivity index (χ1v) is 12.1. The summed E-state index contributed by atoms with van der Waals surface area (Å²) in [5, 5.41) is 2.87. The quantitative estimate of drug-likeness (QED) is 0.600. The van der Waals surface area contributed by atoms with Crippen molar-refractivity contribution < 1.29 is 9.53 Å². The molecule has 1 saturated heterocycles. The predicted octanol–water partition coefficient (Wildman–Crippen LogP) is 4.41. The van der Waals surface area contributed by atoms with Gasteiger partial charge in [-0.05, 0) is 50.5 Å². The highest BCUT2D eigenvalue weighted by molar-refractivity contribution is 6.03. The fourth-order valence-electron chi connectivity index (χ4n) is 4.73. The van der Waals surface area contributed by atoms with Gasteiger partial charge >= 0.3 is 6.03 Å². The minimum Gasteiger partial charge on any atom is -0.480 e. The number of carbonyl (C=O) groups excluding carboxylic acids is 1. The van der Waals surface area contributed by atoms with Gasteiger partial charge in [-0.1, -0.05) is 12.1 Å². The van der Waals surface area contributed by atoms with Crippen LogP contribution in [0.1, 0.15) is 26.2 Å². The SMILES string of the molecule is COc1cncc(NC(=O)N2c3nc(-c4cccc(N5CCCC5)c4)ccc3N(C)CC[C@H]2C)n1. The summed E-state index contributed by atoms with van der Waals surface area (Å²) in [7, 11) is 3.55. The number of amides is 2. The third-order valence-corrected chi connectivity index (χ3v) is 6.71. The van der Waals surface area contributed by atoms with Gasteiger partial charge in [-0.15, -0.1) is 0 Å². The van der Waals surface area contributed by atoms with Crippen LogP contribution in [-0.4, -0.2) is 60.8 Å². The van der Waals surface area contributed by atoms with Gasteiger partial charge in [0.25, 0.3) is 0 Å². The van der Waals surface area contributed by atoms with E-state index in [1.807, 2.05) is 20.0 Å². The van der Waals surface area contributed by atoms with Crippen molar-refractivity contribution in [3.05, 3.63) is 48.8 Å². The lowest BCUT2D eigenvalue weighted by Crippen LogP contribution is -2.42. The van der Waals surface area contributed by atoms with Crippen molar-refractivity contribution in [2.24, 2.45) is 0 Å². The third-order valence-electron chi connectivity index (χ3n) is 6.71. The number of methoxy groups -OCH3 is 1. The molecule has 3 aromatic rings. The maximum absolute atomic E-state index is 13.5. The molecule has 0 spiro atoms. The van der Waals surface area contributed by atoms with Crippen LogP contribution in [0.2, 0.25) is 0 Å². The molecule has 2 aliphatic heterocycles. The van der Waals surface area contributed by atoms with Crippen LogP contribution in [0.4, 0.5) is 27.8 Å². The van der Waals surface area contributed by atoms with Crippen molar-refractivity contribution in [1.29, 1.82) is 0 Å². The van der Waals surface area contributed by atoms with Crippen molar-refractivity contribution in [1.82, 2.24) is 15.0 Å². The van der Waals surface area contributed by atoms with Gasteiger partial charge in [-0.2, -0.15) is 4.98 Å². The Labute approximate surface area is 205 Å². The zero-order valence-electron chi connectivity index (χ0n) is 20.4. The van der Waals surface area contributed by atoms with E-state index in [1.54, 1.807) is 4.90 Å². The van der Waals surface area contributed by atoms with Gasteiger partial charge in [-0.3, -0.25) is 15.2 Å². The molecule has 2 aliphatic rings. The maximum Gasteiger partial charge on any atom is 0.329 e. The first kappa shape index (κ1) is 22.9. The first-order chi connectivity index (χ1) is 17.0. The van der Waals surface area contributed by atoms with E-state index >= 15 is 0 Å². The maximum atomic E-state index is 13.5. The molecule has 2 amide bonds. The second kappa shape index (κ2) is 9.77. The molecule has 9 heteroatoms. The van der Waals surface area contributed by atoms with Crippen molar-refractivity contribution in [3.8, 4) is 17.1 Å². The Morgan fingerprint density at radius 1 is 1.09 bits per heavy atom. The van der Waals surface area contributed by atoms with Crippen LogP contribution in [0.25, 0.3) is 11.3 Å². The average Bonchev–Trinajstić information content (AvgIpc) is 3.39. The molecule has 4 heterocycles. The average molecular weight is 474 g/mol. The number of benzene rings is 1. The Morgan fingerprint density at radius 2 is 1.91 bits per heavy atom. The Kier molecular flexibility index (Phi) is 6.39. The summed E-state index contributed by atoms with van der Waals surface area (Å²) >= 11 is 0. The van der Waals surface area contributed by atoms with Crippen LogP contribution >= 0.6 is 0 Å². The molecule has 9 nitrogen and oxygen atoms in total. The monoisotopic (exact) mass is 473 g/mol. The molecule has 0 unspecified atom stereocenters. The van der Waals surface area contributed by atoms with E-state index in [0.29, 0.717) is 17.5 Å². The van der Waals surface area contributed by atoms with Gasteiger partial charge in [0.05, 0.1) is 30.9 Å². The molecule has 1 fully saturated rings. The summed E-state index contributed by atoms with van der Waals surface area (Å²) in [5.41, 5.74) is 4.01. The van der Waals surface area contributed by atoms with Gasteiger partial charge in [0.1, 0.15) is 0 Å². The molecule has 5 rings (SSSR count). The summed E-state index contributed by atoms with van der Waals surface area (Å²) in [6, 6.07) is 12.2. The second-order valence-corrected chi connectivity index (χ2v) is 9.09. The Hall–Kier alpha value is -3.88. The van der Waals surface area contributed by atoms with E-state index in [0.717, 1.165) is 43.0 Å². The molecule has 1 aromatic carbocycles. The summed E-state index contributed by atoms with van der Waals surface area (Å²) in [6.45, 7) is 5.04. The Morgan fingerprint density at radius 3 is 2.71 bits per heavy atom. The molecule has 0 saturated carbocycles. The fraction of sp³-hybridized carbons (Fsp3) is 0.385. The van der Waals surface area contributed by atoms with E-state index in [9.17, 15) is 4.79 Å². The van der Waals surface area contributed by atoms with Crippen LogP contribution < -0.4 is 24.8 Å². The van der Waals surface area contributed by atoms with Gasteiger partial charge in [0.2, 0.25) is 5.88 Å². The number of urea groups is 1. The smallest absolute Gasteiger partial charge is 0.329 e. The number of aromatic nitrogens is 3. The number of nitrogens with zero attached hydrogens (tertiary/aromatic N) is 6. The number of anilines is 4. The topological polar surface area (TPSA) is 86.7 Å². The lowest BCUT2D eigenvalue weighted by Gasteiger charge is -2.28. The zero-order chi connectivity index (χ0) is 24.4. The summed E-state index contributed by atoms with van der Waals surface area (Å²) in [6.07, 6.45) is 6.27. The number of carbonyl (C=O) groups is 1. The number of nitrogens with one attached hydrogen (secondary N) is 1. The molecule has 35 heavy (non-hydrogen) atoms. The predicted molar refractivity (Wildman–Crippen MR) is 139 cm³/mol. The Balaban J connectivity index is 1.51. The molecule has 1 N–H and O–H groups in total. The number of hydrogen-bond acceptors (Lipinski definition) is 7. The van der Waals surface area contributed by atoms with Gasteiger partial charge in [0.15, 0.2) is 11.6 Å². The van der Waals surface area contributed by atoms with E-state index in [2.05, 4.69) is 55.4 Å². The number of pyridine rings is 1. The highest BCUT2D eigenvalue weighted by Gasteiger charge is 2.31. The largest absolute Gasteiger partial charge is 0.480 e. The number of fused-ring (bicyclic) bond motifs is 1. The number of rotatable bonds is 4. The van der Waals surface area contributed by atoms with Gasteiger partial charge < -0.3 is 14.5 Å². The van der Waals surface area contributed by atoms with E-state index in [1.165, 1.54) is 38.0 Å². The molecular weight excluding hydrogens is 442 g/mol. The normalized spacial score (nSPS) is 17.7. The fourth-order valence-corrected chi connectivity index (χ4v) is 4.73. The molecule has 182 valence electrons. The van der Waals surface area contributed by atoms with E-state index < -0.39 is 0 Å². The first-order valence-electron chi connectivity index (χ1n) is 12.1. The van der Waals surface area contributed by atoms with Crippen LogP contribution in [0.3, 0.4) is 0 Å². The van der Waals surface area contributed by atoms with E-state index in [4.69, 9.17) is 9.72 Å². The lowest BCUT2D eigenvalue weighted by molar-refractivity contribution is 0.254. The molecule has 1 atom stereocenters. The minimum atomic E-state index is -0.299. The molecule has 2 aromatic heterocycles. The van der Waals surface area contributed by atoms with Crippen LogP contribution in [0, 0.1) is 0 Å². The summed E-state index contributed by atoms with van der Waals surface area (Å²) in [5.74, 6) is 1.30. The van der Waals surface area contributed by atoms with Crippen molar-refractivity contribution in [2.45, 2.75) is 32.2 Å². The van der Waals surface area contributed by atoms with E-state index in [-0.39, 0.29) is 12.1 Å². The molecular formula is C26H31N7O2. The lowest BCUT2D eigenvalue weighted by atomic mass is 10.1. The van der Waals surface area contributed by atoms with Gasteiger partial charge in [0, 0.05) is 44.0 Å². The Bertz CT molecular complexity index is 1210. The van der Waals surface area contributed by atoms with Crippen LogP contribution in [0.15, 0.2) is 48.8 Å². The van der Waals surface area contributed by atoms with Crippen molar-refractivity contribution >= 4 is 29.0 Å².